The summed E-state index contributed by atoms with van der Waals surface area (Å²) in [5, 5.41) is 2.95. The molecule has 72 valence electrons. The van der Waals surface area contributed by atoms with E-state index in [0.29, 0.717) is 0 Å². The lowest BCUT2D eigenvalue weighted by Crippen LogP contribution is -2.00. The zero-order chi connectivity index (χ0) is 9.97. The third-order valence-electron chi connectivity index (χ3n) is 1.97. The molecule has 0 aliphatic carbocycles. The van der Waals surface area contributed by atoms with Gasteiger partial charge in [-0.15, -0.1) is 0 Å². The second-order valence-corrected chi connectivity index (χ2v) is 2.85. The number of hydrogen-bond acceptors (Lipinski definition) is 2. The molecule has 0 radical (unpaired) electrons. The number of anilines is 1. The molecule has 4 heteroatoms. The number of benzene rings is 1. The van der Waals surface area contributed by atoms with E-state index >= 15 is 0 Å². The van der Waals surface area contributed by atoms with Gasteiger partial charge in [-0.2, -0.15) is 0 Å². The van der Waals surface area contributed by atoms with Crippen molar-refractivity contribution in [2.24, 2.45) is 0 Å². The average Bonchev–Trinajstić information content (AvgIpc) is 2.67. The fourth-order valence-electron chi connectivity index (χ4n) is 1.30. The normalized spacial score (nSPS) is 10.1. The molecule has 0 bridgehead atoms. The molecule has 0 saturated carbocycles. The van der Waals surface area contributed by atoms with E-state index in [2.05, 4.69) is 10.3 Å². The standard InChI is InChI=1S/C10H10FN3/c1-12-10-13-6-7-14(10)9-4-2-8(11)3-5-9/h2-7H,1H3,(H,12,13). The highest BCUT2D eigenvalue weighted by Crippen LogP contribution is 2.13. The van der Waals surface area contributed by atoms with Crippen LogP contribution in [0.15, 0.2) is 36.7 Å². The fourth-order valence-corrected chi connectivity index (χ4v) is 1.30. The van der Waals surface area contributed by atoms with Crippen LogP contribution in [-0.4, -0.2) is 16.6 Å². The Kier molecular flexibility index (Phi) is 2.18. The van der Waals surface area contributed by atoms with Gasteiger partial charge in [0.1, 0.15) is 5.82 Å². The van der Waals surface area contributed by atoms with E-state index in [1.165, 1.54) is 12.1 Å². The Hall–Kier alpha value is -1.84. The SMILES string of the molecule is CNc1nccn1-c1ccc(F)cc1. The molecule has 2 aromatic rings. The third kappa shape index (κ3) is 1.46. The average molecular weight is 191 g/mol. The number of aromatic nitrogens is 2. The molecular weight excluding hydrogens is 181 g/mol. The van der Waals surface area contributed by atoms with Crippen molar-refractivity contribution in [3.63, 3.8) is 0 Å². The Morgan fingerprint density at radius 1 is 1.29 bits per heavy atom. The minimum atomic E-state index is -0.236. The number of nitrogens with one attached hydrogen (secondary N) is 1. The highest BCUT2D eigenvalue weighted by Gasteiger charge is 2.01. The van der Waals surface area contributed by atoms with Gasteiger partial charge in [-0.25, -0.2) is 9.37 Å². The smallest absolute Gasteiger partial charge is 0.207 e. The maximum atomic E-state index is 12.7. The summed E-state index contributed by atoms with van der Waals surface area (Å²) < 4.78 is 14.5. The van der Waals surface area contributed by atoms with Crippen molar-refractivity contribution in [1.82, 2.24) is 9.55 Å². The zero-order valence-electron chi connectivity index (χ0n) is 7.74. The van der Waals surface area contributed by atoms with E-state index in [4.69, 9.17) is 0 Å². The van der Waals surface area contributed by atoms with Crippen LogP contribution in [-0.2, 0) is 0 Å². The first-order valence-electron chi connectivity index (χ1n) is 4.28. The van der Waals surface area contributed by atoms with Crippen molar-refractivity contribution in [1.29, 1.82) is 0 Å². The van der Waals surface area contributed by atoms with Crippen molar-refractivity contribution in [3.05, 3.63) is 42.5 Å². The van der Waals surface area contributed by atoms with Crippen molar-refractivity contribution in [3.8, 4) is 5.69 Å². The Morgan fingerprint density at radius 2 is 2.00 bits per heavy atom. The van der Waals surface area contributed by atoms with Crippen molar-refractivity contribution in [2.75, 3.05) is 12.4 Å². The molecule has 0 aliphatic rings. The van der Waals surface area contributed by atoms with Gasteiger partial charge < -0.3 is 5.32 Å². The summed E-state index contributed by atoms with van der Waals surface area (Å²) in [7, 11) is 1.79. The van der Waals surface area contributed by atoms with Gasteiger partial charge in [0.05, 0.1) is 0 Å². The predicted molar refractivity (Wildman–Crippen MR) is 53.1 cm³/mol. The summed E-state index contributed by atoms with van der Waals surface area (Å²) in [5.41, 5.74) is 0.883. The first-order valence-corrected chi connectivity index (χ1v) is 4.28. The third-order valence-corrected chi connectivity index (χ3v) is 1.97. The molecule has 0 atom stereocenters. The van der Waals surface area contributed by atoms with Crippen LogP contribution >= 0.6 is 0 Å². The molecule has 1 N–H and O–H groups in total. The first kappa shape index (κ1) is 8.74. The van der Waals surface area contributed by atoms with Gasteiger partial charge in [-0.3, -0.25) is 4.57 Å². The van der Waals surface area contributed by atoms with E-state index in [-0.39, 0.29) is 5.82 Å². The Balaban J connectivity index is 2.44. The van der Waals surface area contributed by atoms with Gasteiger partial charge in [0.15, 0.2) is 0 Å². The molecule has 14 heavy (non-hydrogen) atoms. The second kappa shape index (κ2) is 3.49. The Labute approximate surface area is 81.2 Å². The van der Waals surface area contributed by atoms with Crippen LogP contribution < -0.4 is 5.32 Å². The van der Waals surface area contributed by atoms with Crippen LogP contribution in [0.4, 0.5) is 10.3 Å². The molecule has 0 spiro atoms. The van der Waals surface area contributed by atoms with E-state index in [1.807, 2.05) is 10.8 Å². The van der Waals surface area contributed by atoms with E-state index < -0.39 is 0 Å². The molecule has 0 saturated heterocycles. The van der Waals surface area contributed by atoms with Gasteiger partial charge in [0.25, 0.3) is 0 Å². The quantitative estimate of drug-likeness (QED) is 0.787. The molecule has 0 aliphatic heterocycles. The highest BCUT2D eigenvalue weighted by atomic mass is 19.1. The molecule has 1 heterocycles. The van der Waals surface area contributed by atoms with Gasteiger partial charge in [-0.05, 0) is 24.3 Å². The molecule has 0 unspecified atom stereocenters. The van der Waals surface area contributed by atoms with Gasteiger partial charge in [-0.1, -0.05) is 0 Å². The molecule has 0 amide bonds. The summed E-state index contributed by atoms with van der Waals surface area (Å²) in [5.74, 6) is 0.497. The summed E-state index contributed by atoms with van der Waals surface area (Å²) in [4.78, 5) is 4.09. The number of hydrogen-bond donors (Lipinski definition) is 1. The number of rotatable bonds is 2. The van der Waals surface area contributed by atoms with Crippen LogP contribution in [0.2, 0.25) is 0 Å². The molecule has 1 aromatic heterocycles. The van der Waals surface area contributed by atoms with Crippen LogP contribution in [0, 0.1) is 5.82 Å². The topological polar surface area (TPSA) is 29.9 Å². The lowest BCUT2D eigenvalue weighted by atomic mass is 10.3. The maximum Gasteiger partial charge on any atom is 0.207 e. The molecule has 2 rings (SSSR count). The van der Waals surface area contributed by atoms with E-state index in [1.54, 1.807) is 25.4 Å². The van der Waals surface area contributed by atoms with Gasteiger partial charge >= 0.3 is 0 Å². The second-order valence-electron chi connectivity index (χ2n) is 2.85. The van der Waals surface area contributed by atoms with E-state index in [9.17, 15) is 4.39 Å². The van der Waals surface area contributed by atoms with Crippen molar-refractivity contribution in [2.45, 2.75) is 0 Å². The minimum Gasteiger partial charge on any atom is -0.358 e. The Bertz CT molecular complexity index is 419. The molecular formula is C10H10FN3. The van der Waals surface area contributed by atoms with Crippen LogP contribution in [0.1, 0.15) is 0 Å². The largest absolute Gasteiger partial charge is 0.358 e. The minimum absolute atomic E-state index is 0.236. The number of nitrogens with zero attached hydrogens (tertiary/aromatic N) is 2. The van der Waals surface area contributed by atoms with Gasteiger partial charge in [0.2, 0.25) is 5.95 Å². The summed E-state index contributed by atoms with van der Waals surface area (Å²) in [6, 6.07) is 6.26. The lowest BCUT2D eigenvalue weighted by molar-refractivity contribution is 0.627. The van der Waals surface area contributed by atoms with Gasteiger partial charge in [0, 0.05) is 25.1 Å². The number of imidazole rings is 1. The lowest BCUT2D eigenvalue weighted by Gasteiger charge is -2.06. The summed E-state index contributed by atoms with van der Waals surface area (Å²) >= 11 is 0. The maximum absolute atomic E-state index is 12.7. The Morgan fingerprint density at radius 3 is 2.64 bits per heavy atom. The van der Waals surface area contributed by atoms with Crippen LogP contribution in [0.3, 0.4) is 0 Å². The monoisotopic (exact) mass is 191 g/mol. The summed E-state index contributed by atoms with van der Waals surface area (Å²) in [6.07, 6.45) is 3.51. The number of halogens is 1. The van der Waals surface area contributed by atoms with Crippen molar-refractivity contribution < 1.29 is 4.39 Å². The van der Waals surface area contributed by atoms with Crippen LogP contribution in [0.5, 0.6) is 0 Å². The van der Waals surface area contributed by atoms with Crippen molar-refractivity contribution >= 4 is 5.95 Å². The van der Waals surface area contributed by atoms with E-state index in [0.717, 1.165) is 11.6 Å². The highest BCUT2D eigenvalue weighted by molar-refractivity contribution is 5.41. The summed E-state index contributed by atoms with van der Waals surface area (Å²) in [6.45, 7) is 0. The molecule has 0 fully saturated rings. The molecule has 1 aromatic carbocycles. The van der Waals surface area contributed by atoms with Crippen LogP contribution in [0.25, 0.3) is 5.69 Å². The fraction of sp³-hybridized carbons (Fsp3) is 0.100. The first-order chi connectivity index (χ1) is 6.81. The zero-order valence-corrected chi connectivity index (χ0v) is 7.74. The predicted octanol–water partition coefficient (Wildman–Crippen LogP) is 2.05. The molecule has 3 nitrogen and oxygen atoms in total.